The molecule has 0 spiro atoms. The Morgan fingerprint density at radius 3 is 2.07 bits per heavy atom. The zero-order chi connectivity index (χ0) is 11.6. The van der Waals surface area contributed by atoms with E-state index in [1.54, 1.807) is 0 Å². The molecule has 86 valence electrons. The van der Waals surface area contributed by atoms with Gasteiger partial charge in [-0.15, -0.1) is 0 Å². The molecular formula is C9H21NO3S. The zero-order valence-corrected chi connectivity index (χ0v) is 10.4. The van der Waals surface area contributed by atoms with Crippen LogP contribution in [0.25, 0.3) is 0 Å². The van der Waals surface area contributed by atoms with E-state index in [4.69, 9.17) is 0 Å². The highest BCUT2D eigenvalue weighted by atomic mass is 32.2. The van der Waals surface area contributed by atoms with Crippen molar-refractivity contribution in [2.75, 3.05) is 26.1 Å². The molecule has 0 amide bonds. The maximum Gasteiger partial charge on any atom is 0.147 e. The van der Waals surface area contributed by atoms with Crippen molar-refractivity contribution in [2.24, 2.45) is 0 Å². The van der Waals surface area contributed by atoms with Crippen LogP contribution < -0.4 is 0 Å². The number of aliphatic hydroxyl groups excluding tert-OH is 1. The molecule has 0 aromatic carbocycles. The minimum absolute atomic E-state index is 0.0332. The summed E-state index contributed by atoms with van der Waals surface area (Å²) in [5.74, 6) is 0.0332. The largest absolute Gasteiger partial charge is 0.391 e. The molecule has 5 heteroatoms. The molecule has 0 aliphatic heterocycles. The number of hydrogen-bond acceptors (Lipinski definition) is 4. The van der Waals surface area contributed by atoms with E-state index in [0.29, 0.717) is 0 Å². The first-order valence-corrected chi connectivity index (χ1v) is 6.66. The van der Waals surface area contributed by atoms with Crippen LogP contribution >= 0.6 is 0 Å². The molecule has 0 aromatic rings. The lowest BCUT2D eigenvalue weighted by atomic mass is 9.94. The molecule has 0 aromatic heterocycles. The third kappa shape index (κ3) is 4.39. The summed E-state index contributed by atoms with van der Waals surface area (Å²) in [7, 11) is 0.746. The highest BCUT2D eigenvalue weighted by molar-refractivity contribution is 7.90. The molecule has 0 aliphatic carbocycles. The fourth-order valence-electron chi connectivity index (χ4n) is 0.977. The van der Waals surface area contributed by atoms with Crippen LogP contribution in [0.15, 0.2) is 0 Å². The molecule has 0 aliphatic rings. The SMILES string of the molecule is CN(C)C(C)(C)C(O)CCS(C)(=O)=O. The summed E-state index contributed by atoms with van der Waals surface area (Å²) in [6.07, 6.45) is 0.832. The van der Waals surface area contributed by atoms with Crippen molar-refractivity contribution in [1.82, 2.24) is 4.90 Å². The molecule has 0 rings (SSSR count). The van der Waals surface area contributed by atoms with E-state index in [2.05, 4.69) is 0 Å². The summed E-state index contributed by atoms with van der Waals surface area (Å²) < 4.78 is 21.8. The average molecular weight is 223 g/mol. The second-order valence-corrected chi connectivity index (χ2v) is 6.74. The first-order valence-electron chi connectivity index (χ1n) is 4.60. The van der Waals surface area contributed by atoms with Crippen molar-refractivity contribution < 1.29 is 13.5 Å². The normalized spacial score (nSPS) is 15.9. The number of aliphatic hydroxyl groups is 1. The van der Waals surface area contributed by atoms with Crippen LogP contribution in [0.3, 0.4) is 0 Å². The molecule has 0 saturated carbocycles. The van der Waals surface area contributed by atoms with Crippen molar-refractivity contribution >= 4 is 9.84 Å². The summed E-state index contributed by atoms with van der Waals surface area (Å²) >= 11 is 0. The number of nitrogens with zero attached hydrogens (tertiary/aromatic N) is 1. The van der Waals surface area contributed by atoms with Crippen molar-refractivity contribution in [3.05, 3.63) is 0 Å². The van der Waals surface area contributed by atoms with Gasteiger partial charge in [0, 0.05) is 11.8 Å². The number of sulfone groups is 1. The van der Waals surface area contributed by atoms with Crippen LogP contribution in [0.4, 0.5) is 0 Å². The maximum atomic E-state index is 10.9. The lowest BCUT2D eigenvalue weighted by Crippen LogP contribution is -2.49. The molecule has 1 unspecified atom stereocenters. The van der Waals surface area contributed by atoms with Gasteiger partial charge in [-0.25, -0.2) is 8.42 Å². The van der Waals surface area contributed by atoms with E-state index < -0.39 is 21.5 Å². The van der Waals surface area contributed by atoms with Gasteiger partial charge in [-0.3, -0.25) is 0 Å². The summed E-state index contributed by atoms with van der Waals surface area (Å²) in [4.78, 5) is 1.89. The van der Waals surface area contributed by atoms with E-state index in [0.717, 1.165) is 0 Å². The average Bonchev–Trinajstić information content (AvgIpc) is 1.98. The van der Waals surface area contributed by atoms with E-state index in [1.165, 1.54) is 6.26 Å². The standard InChI is InChI=1S/C9H21NO3S/c1-9(2,10(3)4)8(11)6-7-14(5,12)13/h8,11H,6-7H2,1-5H3. The van der Waals surface area contributed by atoms with Gasteiger partial charge in [0.2, 0.25) is 0 Å². The second-order valence-electron chi connectivity index (χ2n) is 4.48. The van der Waals surface area contributed by atoms with Gasteiger partial charge in [0.1, 0.15) is 9.84 Å². The lowest BCUT2D eigenvalue weighted by Gasteiger charge is -2.37. The highest BCUT2D eigenvalue weighted by Crippen LogP contribution is 2.18. The molecule has 14 heavy (non-hydrogen) atoms. The van der Waals surface area contributed by atoms with Gasteiger partial charge in [-0.2, -0.15) is 0 Å². The third-order valence-corrected chi connectivity index (χ3v) is 3.71. The molecule has 0 saturated heterocycles. The third-order valence-electron chi connectivity index (χ3n) is 2.73. The molecule has 1 atom stereocenters. The fourth-order valence-corrected chi connectivity index (χ4v) is 1.63. The summed E-state index contributed by atoms with van der Waals surface area (Å²) in [6, 6.07) is 0. The van der Waals surface area contributed by atoms with Crippen LogP contribution in [-0.2, 0) is 9.84 Å². The zero-order valence-electron chi connectivity index (χ0n) is 9.61. The maximum absolute atomic E-state index is 10.9. The number of likely N-dealkylation sites (N-methyl/N-ethyl adjacent to an activating group) is 1. The van der Waals surface area contributed by atoms with Gasteiger partial charge in [0.05, 0.1) is 11.9 Å². The minimum atomic E-state index is -2.98. The Morgan fingerprint density at radius 2 is 1.79 bits per heavy atom. The van der Waals surface area contributed by atoms with Crippen molar-refractivity contribution in [3.8, 4) is 0 Å². The van der Waals surface area contributed by atoms with Crippen molar-refractivity contribution in [1.29, 1.82) is 0 Å². The molecule has 0 fully saturated rings. The van der Waals surface area contributed by atoms with E-state index in [1.807, 2.05) is 32.8 Å². The smallest absolute Gasteiger partial charge is 0.147 e. The fraction of sp³-hybridized carbons (Fsp3) is 1.00. The number of rotatable bonds is 5. The Balaban J connectivity index is 4.29. The number of hydrogen-bond donors (Lipinski definition) is 1. The Bertz CT molecular complexity index is 270. The van der Waals surface area contributed by atoms with E-state index in [-0.39, 0.29) is 12.2 Å². The predicted molar refractivity (Wildman–Crippen MR) is 58.1 cm³/mol. The van der Waals surface area contributed by atoms with Gasteiger partial charge >= 0.3 is 0 Å². The first kappa shape index (κ1) is 13.9. The topological polar surface area (TPSA) is 57.6 Å². The van der Waals surface area contributed by atoms with E-state index >= 15 is 0 Å². The summed E-state index contributed by atoms with van der Waals surface area (Å²) in [5.41, 5.74) is -0.398. The Morgan fingerprint density at radius 1 is 1.36 bits per heavy atom. The van der Waals surface area contributed by atoms with Gasteiger partial charge in [-0.1, -0.05) is 0 Å². The molecular weight excluding hydrogens is 202 g/mol. The predicted octanol–water partition coefficient (Wildman–Crippen LogP) is 0.122. The molecule has 4 nitrogen and oxygen atoms in total. The van der Waals surface area contributed by atoms with Crippen molar-refractivity contribution in [3.63, 3.8) is 0 Å². The van der Waals surface area contributed by atoms with Gasteiger partial charge in [-0.05, 0) is 34.4 Å². The summed E-state index contributed by atoms with van der Waals surface area (Å²) in [6.45, 7) is 3.78. The molecule has 0 radical (unpaired) electrons. The van der Waals surface area contributed by atoms with Crippen LogP contribution in [0, 0.1) is 0 Å². The van der Waals surface area contributed by atoms with Crippen LogP contribution in [0.1, 0.15) is 20.3 Å². The van der Waals surface area contributed by atoms with Crippen LogP contribution in [0.5, 0.6) is 0 Å². The van der Waals surface area contributed by atoms with Gasteiger partial charge < -0.3 is 10.0 Å². The monoisotopic (exact) mass is 223 g/mol. The van der Waals surface area contributed by atoms with Gasteiger partial charge in [0.25, 0.3) is 0 Å². The lowest BCUT2D eigenvalue weighted by molar-refractivity contribution is 0.0161. The Kier molecular flexibility index (Phi) is 4.55. The second kappa shape index (κ2) is 4.59. The minimum Gasteiger partial charge on any atom is -0.391 e. The highest BCUT2D eigenvalue weighted by Gasteiger charge is 2.30. The van der Waals surface area contributed by atoms with Crippen molar-refractivity contribution in [2.45, 2.75) is 31.9 Å². The molecule has 0 heterocycles. The van der Waals surface area contributed by atoms with E-state index in [9.17, 15) is 13.5 Å². The Labute approximate surface area is 86.8 Å². The van der Waals surface area contributed by atoms with Crippen LogP contribution in [-0.4, -0.2) is 56.2 Å². The Hall–Kier alpha value is -0.130. The summed E-state index contributed by atoms with van der Waals surface area (Å²) in [5, 5.41) is 9.80. The quantitative estimate of drug-likeness (QED) is 0.719. The molecule has 1 N–H and O–H groups in total. The van der Waals surface area contributed by atoms with Gasteiger partial charge in [0.15, 0.2) is 0 Å². The molecule has 0 bridgehead atoms. The first-order chi connectivity index (χ1) is 6.07. The van der Waals surface area contributed by atoms with Crippen LogP contribution in [0.2, 0.25) is 0 Å².